The Labute approximate surface area is 101 Å². The molecule has 0 bridgehead atoms. The summed E-state index contributed by atoms with van der Waals surface area (Å²) in [5, 5.41) is 0. The summed E-state index contributed by atoms with van der Waals surface area (Å²) in [6.07, 6.45) is 1.38. The molecule has 0 amide bonds. The predicted octanol–water partition coefficient (Wildman–Crippen LogP) is 3.10. The van der Waals surface area contributed by atoms with Crippen molar-refractivity contribution in [2.75, 3.05) is 7.11 Å². The molecule has 0 radical (unpaired) electrons. The third-order valence-corrected chi connectivity index (χ3v) is 2.72. The molecule has 86 valence electrons. The number of benzene rings is 2. The van der Waals surface area contributed by atoms with Gasteiger partial charge in [0.2, 0.25) is 0 Å². The van der Waals surface area contributed by atoms with Gasteiger partial charge in [0.15, 0.2) is 0 Å². The quantitative estimate of drug-likeness (QED) is 0.749. The molecule has 0 atom stereocenters. The highest BCUT2D eigenvalue weighted by molar-refractivity contribution is 5.71. The number of ether oxygens (including phenoxy) is 1. The molecule has 2 nitrogen and oxygen atoms in total. The van der Waals surface area contributed by atoms with Crippen molar-refractivity contribution in [3.63, 3.8) is 0 Å². The third kappa shape index (κ3) is 2.53. The van der Waals surface area contributed by atoms with Crippen LogP contribution in [-0.4, -0.2) is 13.4 Å². The molecule has 0 aliphatic carbocycles. The van der Waals surface area contributed by atoms with Crippen molar-refractivity contribution in [3.8, 4) is 16.9 Å². The van der Waals surface area contributed by atoms with E-state index in [4.69, 9.17) is 4.74 Å². The smallest absolute Gasteiger partial charge is 0.124 e. The van der Waals surface area contributed by atoms with Gasteiger partial charge in [0.05, 0.1) is 7.11 Å². The Morgan fingerprint density at radius 1 is 1.06 bits per heavy atom. The van der Waals surface area contributed by atoms with E-state index in [2.05, 4.69) is 0 Å². The summed E-state index contributed by atoms with van der Waals surface area (Å²) in [5.41, 5.74) is 3.25. The lowest BCUT2D eigenvalue weighted by molar-refractivity contribution is -0.107. The van der Waals surface area contributed by atoms with Crippen molar-refractivity contribution in [2.45, 2.75) is 6.42 Å². The Morgan fingerprint density at radius 3 is 2.41 bits per heavy atom. The van der Waals surface area contributed by atoms with E-state index in [0.29, 0.717) is 6.42 Å². The molecule has 0 spiro atoms. The molecule has 0 aliphatic heterocycles. The fraction of sp³-hybridized carbons (Fsp3) is 0.133. The van der Waals surface area contributed by atoms with Crippen LogP contribution in [-0.2, 0) is 11.2 Å². The molecule has 0 heterocycles. The summed E-state index contributed by atoms with van der Waals surface area (Å²) in [6.45, 7) is 0. The Bertz CT molecular complexity index is 501. The molecule has 2 heteroatoms. The Kier molecular flexibility index (Phi) is 3.55. The van der Waals surface area contributed by atoms with Crippen molar-refractivity contribution in [1.82, 2.24) is 0 Å². The van der Waals surface area contributed by atoms with Crippen LogP contribution in [0.4, 0.5) is 0 Å². The molecular weight excluding hydrogens is 212 g/mol. The van der Waals surface area contributed by atoms with Crippen LogP contribution >= 0.6 is 0 Å². The number of carbonyl (C=O) groups is 1. The highest BCUT2D eigenvalue weighted by Crippen LogP contribution is 2.25. The zero-order valence-electron chi connectivity index (χ0n) is 9.72. The predicted molar refractivity (Wildman–Crippen MR) is 68.2 cm³/mol. The van der Waals surface area contributed by atoms with Gasteiger partial charge in [-0.25, -0.2) is 0 Å². The molecule has 17 heavy (non-hydrogen) atoms. The summed E-state index contributed by atoms with van der Waals surface area (Å²) in [4.78, 5) is 10.6. The van der Waals surface area contributed by atoms with Crippen LogP contribution in [0, 0.1) is 0 Å². The number of hydrogen-bond acceptors (Lipinski definition) is 2. The van der Waals surface area contributed by atoms with E-state index in [-0.39, 0.29) is 0 Å². The number of aldehydes is 1. The van der Waals surface area contributed by atoms with Crippen LogP contribution in [0.5, 0.6) is 5.75 Å². The van der Waals surface area contributed by atoms with E-state index < -0.39 is 0 Å². The van der Waals surface area contributed by atoms with Crippen LogP contribution in [0.25, 0.3) is 11.1 Å². The number of methoxy groups -OCH3 is 1. The van der Waals surface area contributed by atoms with Gasteiger partial charge in [-0.05, 0) is 28.8 Å². The minimum absolute atomic E-state index is 0.447. The minimum atomic E-state index is 0.447. The molecule has 0 saturated heterocycles. The van der Waals surface area contributed by atoms with Crippen molar-refractivity contribution >= 4 is 6.29 Å². The van der Waals surface area contributed by atoms with E-state index in [1.807, 2.05) is 48.5 Å². The highest BCUT2D eigenvalue weighted by Gasteiger charge is 2.03. The van der Waals surface area contributed by atoms with E-state index in [9.17, 15) is 4.79 Å². The second-order valence-electron chi connectivity index (χ2n) is 3.76. The average Bonchev–Trinajstić information content (AvgIpc) is 2.40. The SMILES string of the molecule is COc1ccc(-c2ccccc2CC=O)cc1. The molecule has 2 rings (SSSR count). The second kappa shape index (κ2) is 5.30. The van der Waals surface area contributed by atoms with Crippen LogP contribution in [0.2, 0.25) is 0 Å². The number of rotatable bonds is 4. The molecule has 2 aromatic rings. The summed E-state index contributed by atoms with van der Waals surface area (Å²) < 4.78 is 5.13. The van der Waals surface area contributed by atoms with E-state index in [1.54, 1.807) is 7.11 Å². The van der Waals surface area contributed by atoms with Crippen molar-refractivity contribution in [3.05, 3.63) is 54.1 Å². The molecule has 0 N–H and O–H groups in total. The molecule has 0 aromatic heterocycles. The minimum Gasteiger partial charge on any atom is -0.497 e. The number of carbonyl (C=O) groups excluding carboxylic acids is 1. The van der Waals surface area contributed by atoms with E-state index >= 15 is 0 Å². The third-order valence-electron chi connectivity index (χ3n) is 2.72. The van der Waals surface area contributed by atoms with Gasteiger partial charge in [0.1, 0.15) is 12.0 Å². The van der Waals surface area contributed by atoms with E-state index in [0.717, 1.165) is 28.7 Å². The first-order valence-corrected chi connectivity index (χ1v) is 5.51. The molecular formula is C15H14O2. The highest BCUT2D eigenvalue weighted by atomic mass is 16.5. The summed E-state index contributed by atoms with van der Waals surface area (Å²) in [5.74, 6) is 0.835. The largest absolute Gasteiger partial charge is 0.497 e. The van der Waals surface area contributed by atoms with Gasteiger partial charge in [0, 0.05) is 6.42 Å². The van der Waals surface area contributed by atoms with Gasteiger partial charge in [-0.15, -0.1) is 0 Å². The fourth-order valence-electron chi connectivity index (χ4n) is 1.84. The first-order valence-electron chi connectivity index (χ1n) is 5.51. The van der Waals surface area contributed by atoms with Crippen LogP contribution in [0.3, 0.4) is 0 Å². The normalized spacial score (nSPS) is 9.94. The van der Waals surface area contributed by atoms with Crippen molar-refractivity contribution in [1.29, 1.82) is 0 Å². The topological polar surface area (TPSA) is 26.3 Å². The van der Waals surface area contributed by atoms with Gasteiger partial charge in [-0.3, -0.25) is 0 Å². The van der Waals surface area contributed by atoms with Crippen LogP contribution in [0.1, 0.15) is 5.56 Å². The monoisotopic (exact) mass is 226 g/mol. The first-order chi connectivity index (χ1) is 8.35. The van der Waals surface area contributed by atoms with E-state index in [1.165, 1.54) is 0 Å². The van der Waals surface area contributed by atoms with Crippen LogP contribution in [0.15, 0.2) is 48.5 Å². The van der Waals surface area contributed by atoms with Crippen molar-refractivity contribution in [2.24, 2.45) is 0 Å². The van der Waals surface area contributed by atoms with Gasteiger partial charge in [-0.2, -0.15) is 0 Å². The second-order valence-corrected chi connectivity index (χ2v) is 3.76. The molecule has 0 aliphatic rings. The zero-order chi connectivity index (χ0) is 12.1. The van der Waals surface area contributed by atoms with Gasteiger partial charge in [0.25, 0.3) is 0 Å². The summed E-state index contributed by atoms with van der Waals surface area (Å²) in [6, 6.07) is 15.8. The summed E-state index contributed by atoms with van der Waals surface area (Å²) >= 11 is 0. The molecule has 0 unspecified atom stereocenters. The van der Waals surface area contributed by atoms with Gasteiger partial charge in [-0.1, -0.05) is 36.4 Å². The maximum Gasteiger partial charge on any atom is 0.124 e. The lowest BCUT2D eigenvalue weighted by Crippen LogP contribution is -1.91. The average molecular weight is 226 g/mol. The van der Waals surface area contributed by atoms with Gasteiger partial charge >= 0.3 is 0 Å². The molecule has 0 saturated carbocycles. The van der Waals surface area contributed by atoms with Crippen molar-refractivity contribution < 1.29 is 9.53 Å². The molecule has 0 fully saturated rings. The lowest BCUT2D eigenvalue weighted by atomic mass is 9.98. The number of hydrogen-bond donors (Lipinski definition) is 0. The first kappa shape index (κ1) is 11.4. The Morgan fingerprint density at radius 2 is 1.76 bits per heavy atom. The maximum absolute atomic E-state index is 10.6. The lowest BCUT2D eigenvalue weighted by Gasteiger charge is -2.08. The Hall–Kier alpha value is -2.09. The standard InChI is InChI=1S/C15H14O2/c1-17-14-8-6-13(7-9-14)15-5-3-2-4-12(15)10-11-16/h2-9,11H,10H2,1H3. The maximum atomic E-state index is 10.6. The molecule has 2 aromatic carbocycles. The fourth-order valence-corrected chi connectivity index (χ4v) is 1.84. The Balaban J connectivity index is 2.40. The summed E-state index contributed by atoms with van der Waals surface area (Å²) in [7, 11) is 1.65. The van der Waals surface area contributed by atoms with Gasteiger partial charge < -0.3 is 9.53 Å². The zero-order valence-corrected chi connectivity index (χ0v) is 9.72. The van der Waals surface area contributed by atoms with Crippen LogP contribution < -0.4 is 4.74 Å².